The van der Waals surface area contributed by atoms with E-state index in [2.05, 4.69) is 10.9 Å². The average molecular weight is 336 g/mol. The molecule has 1 aliphatic carbocycles. The van der Waals surface area contributed by atoms with Crippen molar-refractivity contribution in [3.05, 3.63) is 27.2 Å². The molecule has 2 N–H and O–H groups in total. The van der Waals surface area contributed by atoms with Gasteiger partial charge in [-0.2, -0.15) is 0 Å². The van der Waals surface area contributed by atoms with Crippen molar-refractivity contribution in [2.24, 2.45) is 5.92 Å². The number of benzene rings is 1. The molecule has 6 heteroatoms. The van der Waals surface area contributed by atoms with Gasteiger partial charge in [0.05, 0.1) is 15.7 Å². The number of amides is 1. The highest BCUT2D eigenvalue weighted by molar-refractivity contribution is 6.41. The van der Waals surface area contributed by atoms with E-state index in [0.29, 0.717) is 33.1 Å². The lowest BCUT2D eigenvalue weighted by molar-refractivity contribution is -0.120. The Morgan fingerprint density at radius 3 is 2.35 bits per heavy atom. The van der Waals surface area contributed by atoms with Crippen LogP contribution in [0.3, 0.4) is 0 Å². The molecular weight excluding hydrogens is 319 g/mol. The monoisotopic (exact) mass is 334 g/mol. The largest absolute Gasteiger partial charge is 0.296 e. The molecular formula is C14H17Cl3N2O. The molecule has 1 aromatic carbocycles. The lowest BCUT2D eigenvalue weighted by atomic mass is 10.0. The van der Waals surface area contributed by atoms with Gasteiger partial charge in [-0.1, -0.05) is 60.5 Å². The highest BCUT2D eigenvalue weighted by atomic mass is 35.5. The van der Waals surface area contributed by atoms with Crippen LogP contribution in [-0.2, 0) is 4.79 Å². The van der Waals surface area contributed by atoms with Gasteiger partial charge >= 0.3 is 0 Å². The van der Waals surface area contributed by atoms with Gasteiger partial charge in [-0.05, 0) is 24.5 Å². The lowest BCUT2D eigenvalue weighted by Crippen LogP contribution is -2.29. The molecule has 0 aromatic heterocycles. The highest BCUT2D eigenvalue weighted by Crippen LogP contribution is 2.33. The Bertz CT molecular complexity index is 464. The summed E-state index contributed by atoms with van der Waals surface area (Å²) in [7, 11) is 0. The SMILES string of the molecule is O=C(CCC1CCCC1)NNc1c(Cl)cc(Cl)cc1Cl. The third-order valence-corrected chi connectivity index (χ3v) is 4.40. The van der Waals surface area contributed by atoms with Crippen LogP contribution in [0, 0.1) is 5.92 Å². The zero-order chi connectivity index (χ0) is 14.5. The van der Waals surface area contributed by atoms with E-state index in [0.717, 1.165) is 6.42 Å². The van der Waals surface area contributed by atoms with E-state index in [1.54, 1.807) is 12.1 Å². The molecule has 0 spiro atoms. The zero-order valence-electron chi connectivity index (χ0n) is 11.0. The average Bonchev–Trinajstić information content (AvgIpc) is 2.88. The maximum absolute atomic E-state index is 11.8. The molecule has 0 bridgehead atoms. The minimum absolute atomic E-state index is 0.0565. The van der Waals surface area contributed by atoms with E-state index in [-0.39, 0.29) is 5.91 Å². The number of hydrogen-bond donors (Lipinski definition) is 2. The van der Waals surface area contributed by atoms with Crippen LogP contribution in [0.2, 0.25) is 15.1 Å². The zero-order valence-corrected chi connectivity index (χ0v) is 13.3. The summed E-state index contributed by atoms with van der Waals surface area (Å²) in [6, 6.07) is 3.14. The summed E-state index contributed by atoms with van der Waals surface area (Å²) in [6.45, 7) is 0. The molecule has 0 saturated heterocycles. The fourth-order valence-electron chi connectivity index (χ4n) is 2.49. The number of rotatable bonds is 5. The molecule has 1 fully saturated rings. The Kier molecular flexibility index (Phi) is 5.82. The van der Waals surface area contributed by atoms with Crippen LogP contribution in [-0.4, -0.2) is 5.91 Å². The molecule has 1 saturated carbocycles. The first-order chi connectivity index (χ1) is 9.56. The van der Waals surface area contributed by atoms with Crippen molar-refractivity contribution in [1.82, 2.24) is 5.43 Å². The summed E-state index contributed by atoms with van der Waals surface area (Å²) in [5.74, 6) is 0.641. The van der Waals surface area contributed by atoms with Crippen LogP contribution in [0.5, 0.6) is 0 Å². The summed E-state index contributed by atoms with van der Waals surface area (Å²) in [5, 5.41) is 1.20. The highest BCUT2D eigenvalue weighted by Gasteiger charge is 2.16. The predicted molar refractivity (Wildman–Crippen MR) is 84.4 cm³/mol. The molecule has 0 atom stereocenters. The molecule has 3 nitrogen and oxygen atoms in total. The number of hydrazine groups is 1. The minimum atomic E-state index is -0.0565. The van der Waals surface area contributed by atoms with Crippen molar-refractivity contribution in [3.8, 4) is 0 Å². The van der Waals surface area contributed by atoms with E-state index in [4.69, 9.17) is 34.8 Å². The van der Waals surface area contributed by atoms with Crippen molar-refractivity contribution in [2.75, 3.05) is 5.43 Å². The van der Waals surface area contributed by atoms with Crippen LogP contribution < -0.4 is 10.9 Å². The second-order valence-corrected chi connectivity index (χ2v) is 6.36. The Labute approximate surface area is 133 Å². The summed E-state index contributed by atoms with van der Waals surface area (Å²) in [6.07, 6.45) is 6.53. The first-order valence-electron chi connectivity index (χ1n) is 6.75. The van der Waals surface area contributed by atoms with Gasteiger partial charge in [-0.15, -0.1) is 0 Å². The maximum atomic E-state index is 11.8. The molecule has 2 rings (SSSR count). The number of carbonyl (C=O) groups is 1. The Morgan fingerprint density at radius 2 is 1.75 bits per heavy atom. The van der Waals surface area contributed by atoms with Crippen molar-refractivity contribution >= 4 is 46.4 Å². The third kappa shape index (κ3) is 4.44. The quantitative estimate of drug-likeness (QED) is 0.738. The fraction of sp³-hybridized carbons (Fsp3) is 0.500. The third-order valence-electron chi connectivity index (χ3n) is 3.59. The van der Waals surface area contributed by atoms with Crippen molar-refractivity contribution in [2.45, 2.75) is 38.5 Å². The summed E-state index contributed by atoms with van der Waals surface area (Å²) in [5.41, 5.74) is 5.85. The molecule has 1 aromatic rings. The standard InChI is InChI=1S/C14H17Cl3N2O/c15-10-7-11(16)14(12(17)8-10)19-18-13(20)6-5-9-3-1-2-4-9/h7-9,19H,1-6H2,(H,18,20). The normalized spacial score (nSPS) is 15.3. The summed E-state index contributed by atoms with van der Waals surface area (Å²) < 4.78 is 0. The van der Waals surface area contributed by atoms with Gasteiger partial charge in [0.2, 0.25) is 5.91 Å². The van der Waals surface area contributed by atoms with Crippen LogP contribution >= 0.6 is 34.8 Å². The summed E-state index contributed by atoms with van der Waals surface area (Å²) in [4.78, 5) is 11.8. The van der Waals surface area contributed by atoms with Crippen LogP contribution in [0.4, 0.5) is 5.69 Å². The van der Waals surface area contributed by atoms with Crippen molar-refractivity contribution in [3.63, 3.8) is 0 Å². The van der Waals surface area contributed by atoms with Crippen molar-refractivity contribution < 1.29 is 4.79 Å². The lowest BCUT2D eigenvalue weighted by Gasteiger charge is -2.13. The van der Waals surface area contributed by atoms with Gasteiger partial charge in [-0.3, -0.25) is 15.6 Å². The van der Waals surface area contributed by atoms with Crippen LogP contribution in [0.25, 0.3) is 0 Å². The molecule has 0 radical (unpaired) electrons. The second kappa shape index (κ2) is 7.39. The number of hydrogen-bond acceptors (Lipinski definition) is 2. The molecule has 20 heavy (non-hydrogen) atoms. The van der Waals surface area contributed by atoms with Gasteiger partial charge in [0, 0.05) is 11.4 Å². The smallest absolute Gasteiger partial charge is 0.238 e. The number of carbonyl (C=O) groups excluding carboxylic acids is 1. The number of anilines is 1. The van der Waals surface area contributed by atoms with E-state index in [9.17, 15) is 4.79 Å². The predicted octanol–water partition coefficient (Wildman–Crippen LogP) is 5.06. The van der Waals surface area contributed by atoms with Gasteiger partial charge in [0.15, 0.2) is 0 Å². The molecule has 0 unspecified atom stereocenters. The molecule has 0 aliphatic heterocycles. The van der Waals surface area contributed by atoms with Gasteiger partial charge in [0.1, 0.15) is 0 Å². The molecule has 1 aliphatic rings. The van der Waals surface area contributed by atoms with Crippen molar-refractivity contribution in [1.29, 1.82) is 0 Å². The molecule has 0 heterocycles. The van der Waals surface area contributed by atoms with Gasteiger partial charge in [0.25, 0.3) is 0 Å². The van der Waals surface area contributed by atoms with Crippen LogP contribution in [0.1, 0.15) is 38.5 Å². The number of halogens is 3. The fourth-order valence-corrected chi connectivity index (χ4v) is 3.40. The van der Waals surface area contributed by atoms with E-state index in [1.807, 2.05) is 0 Å². The van der Waals surface area contributed by atoms with Crippen LogP contribution in [0.15, 0.2) is 12.1 Å². The Morgan fingerprint density at radius 1 is 1.15 bits per heavy atom. The van der Waals surface area contributed by atoms with E-state index < -0.39 is 0 Å². The minimum Gasteiger partial charge on any atom is -0.296 e. The van der Waals surface area contributed by atoms with E-state index >= 15 is 0 Å². The maximum Gasteiger partial charge on any atom is 0.238 e. The molecule has 1 amide bonds. The topological polar surface area (TPSA) is 41.1 Å². The Hall–Kier alpha value is -0.640. The summed E-state index contributed by atoms with van der Waals surface area (Å²) >= 11 is 17.9. The first-order valence-corrected chi connectivity index (χ1v) is 7.89. The number of nitrogens with one attached hydrogen (secondary N) is 2. The second-order valence-electron chi connectivity index (χ2n) is 5.11. The Balaban J connectivity index is 1.81. The van der Waals surface area contributed by atoms with Gasteiger partial charge < -0.3 is 0 Å². The van der Waals surface area contributed by atoms with Gasteiger partial charge in [-0.25, -0.2) is 0 Å². The first kappa shape index (κ1) is 15.7. The molecule has 110 valence electrons. The van der Waals surface area contributed by atoms with E-state index in [1.165, 1.54) is 25.7 Å².